The molecule has 0 N–H and O–H groups in total. The lowest BCUT2D eigenvalue weighted by molar-refractivity contribution is -0.157. The maximum Gasteiger partial charge on any atom is 0.310 e. The Kier molecular flexibility index (Phi) is 4.48. The topological polar surface area (TPSA) is 35.5 Å². The summed E-state index contributed by atoms with van der Waals surface area (Å²) in [5.41, 5.74) is 0.754. The third kappa shape index (κ3) is 4.07. The summed E-state index contributed by atoms with van der Waals surface area (Å²) in [5, 5.41) is 0. The van der Waals surface area contributed by atoms with Crippen LogP contribution in [0.3, 0.4) is 0 Å². The largest absolute Gasteiger partial charge is 0.460 e. The molecular formula is C17H24O3. The number of esters is 1. The van der Waals surface area contributed by atoms with Crippen molar-refractivity contribution in [3.63, 3.8) is 0 Å². The number of hydrogen-bond donors (Lipinski definition) is 0. The standard InChI is InChI=1S/C17H24O3/c1-12-14(15(12)16(18)20-17(2,3)4)11-19-10-13-8-6-5-7-9-13/h5-9,12,14-15H,10-11H2,1-4H3/t12?,14-,15-/m0/s1. The summed E-state index contributed by atoms with van der Waals surface area (Å²) in [4.78, 5) is 12.0. The van der Waals surface area contributed by atoms with Gasteiger partial charge in [-0.1, -0.05) is 37.3 Å². The summed E-state index contributed by atoms with van der Waals surface area (Å²) in [6, 6.07) is 10.1. The van der Waals surface area contributed by atoms with Crippen molar-refractivity contribution in [3.8, 4) is 0 Å². The molecule has 1 fully saturated rings. The van der Waals surface area contributed by atoms with E-state index in [2.05, 4.69) is 6.92 Å². The van der Waals surface area contributed by atoms with Gasteiger partial charge in [0.2, 0.25) is 0 Å². The summed E-state index contributed by atoms with van der Waals surface area (Å²) in [6.07, 6.45) is 0. The van der Waals surface area contributed by atoms with Gasteiger partial charge in [0.25, 0.3) is 0 Å². The predicted octanol–water partition coefficient (Wildman–Crippen LogP) is 3.43. The molecule has 1 aliphatic rings. The van der Waals surface area contributed by atoms with E-state index < -0.39 is 5.60 Å². The SMILES string of the molecule is CC1[C@H](COCc2ccccc2)[C@H]1C(=O)OC(C)(C)C. The van der Waals surface area contributed by atoms with Crippen molar-refractivity contribution in [2.45, 2.75) is 39.9 Å². The first-order valence-electron chi connectivity index (χ1n) is 7.23. The van der Waals surface area contributed by atoms with Crippen LogP contribution in [0.4, 0.5) is 0 Å². The van der Waals surface area contributed by atoms with Crippen molar-refractivity contribution >= 4 is 5.97 Å². The molecule has 0 saturated heterocycles. The molecule has 0 amide bonds. The highest BCUT2D eigenvalue weighted by atomic mass is 16.6. The van der Waals surface area contributed by atoms with Crippen LogP contribution in [-0.4, -0.2) is 18.2 Å². The molecule has 0 radical (unpaired) electrons. The average molecular weight is 276 g/mol. The molecule has 0 heterocycles. The molecule has 1 aromatic rings. The number of benzene rings is 1. The number of carbonyl (C=O) groups excluding carboxylic acids is 1. The minimum atomic E-state index is -0.408. The first-order chi connectivity index (χ1) is 9.38. The van der Waals surface area contributed by atoms with Gasteiger partial charge < -0.3 is 9.47 Å². The summed E-state index contributed by atoms with van der Waals surface area (Å²) >= 11 is 0. The van der Waals surface area contributed by atoms with E-state index in [1.807, 2.05) is 51.1 Å². The molecule has 20 heavy (non-hydrogen) atoms. The third-order valence-corrected chi connectivity index (χ3v) is 3.66. The second-order valence-corrected chi connectivity index (χ2v) is 6.58. The molecule has 0 aliphatic heterocycles. The van der Waals surface area contributed by atoms with Crippen LogP contribution in [0.15, 0.2) is 30.3 Å². The second-order valence-electron chi connectivity index (χ2n) is 6.58. The van der Waals surface area contributed by atoms with Crippen molar-refractivity contribution < 1.29 is 14.3 Å². The van der Waals surface area contributed by atoms with Gasteiger partial charge in [0, 0.05) is 0 Å². The number of carbonyl (C=O) groups is 1. The van der Waals surface area contributed by atoms with Gasteiger partial charge >= 0.3 is 5.97 Å². The molecule has 1 saturated carbocycles. The fourth-order valence-electron chi connectivity index (χ4n) is 2.45. The average Bonchev–Trinajstić information content (AvgIpc) is 2.99. The Morgan fingerprint density at radius 1 is 1.20 bits per heavy atom. The third-order valence-electron chi connectivity index (χ3n) is 3.66. The number of rotatable bonds is 5. The number of hydrogen-bond acceptors (Lipinski definition) is 3. The molecule has 0 bridgehead atoms. The first-order valence-corrected chi connectivity index (χ1v) is 7.23. The van der Waals surface area contributed by atoms with Gasteiger partial charge in [0.1, 0.15) is 5.60 Å². The predicted molar refractivity (Wildman–Crippen MR) is 78.1 cm³/mol. The lowest BCUT2D eigenvalue weighted by atomic mass is 10.2. The van der Waals surface area contributed by atoms with Gasteiger partial charge in [-0.3, -0.25) is 4.79 Å². The zero-order chi connectivity index (χ0) is 14.8. The maximum absolute atomic E-state index is 12.0. The van der Waals surface area contributed by atoms with E-state index in [4.69, 9.17) is 9.47 Å². The van der Waals surface area contributed by atoms with Crippen LogP contribution in [0.25, 0.3) is 0 Å². The second kappa shape index (κ2) is 5.96. The number of ether oxygens (including phenoxy) is 2. The molecule has 0 spiro atoms. The Labute approximate surface area is 121 Å². The summed E-state index contributed by atoms with van der Waals surface area (Å²) < 4.78 is 11.1. The van der Waals surface area contributed by atoms with Crippen molar-refractivity contribution in [1.82, 2.24) is 0 Å². The van der Waals surface area contributed by atoms with Crippen molar-refractivity contribution in [2.24, 2.45) is 17.8 Å². The van der Waals surface area contributed by atoms with Gasteiger partial charge in [-0.2, -0.15) is 0 Å². The highest BCUT2D eigenvalue weighted by Crippen LogP contribution is 2.47. The van der Waals surface area contributed by atoms with E-state index in [-0.39, 0.29) is 11.9 Å². The Morgan fingerprint density at radius 3 is 2.45 bits per heavy atom. The first kappa shape index (κ1) is 15.0. The molecule has 3 nitrogen and oxygen atoms in total. The van der Waals surface area contributed by atoms with Crippen LogP contribution in [0.5, 0.6) is 0 Å². The van der Waals surface area contributed by atoms with Crippen molar-refractivity contribution in [3.05, 3.63) is 35.9 Å². The summed E-state index contributed by atoms with van der Waals surface area (Å²) in [5.74, 6) is 0.581. The zero-order valence-corrected chi connectivity index (χ0v) is 12.8. The normalized spacial score (nSPS) is 25.3. The van der Waals surface area contributed by atoms with Gasteiger partial charge in [-0.05, 0) is 38.2 Å². The van der Waals surface area contributed by atoms with Crippen LogP contribution in [0, 0.1) is 17.8 Å². The van der Waals surface area contributed by atoms with Crippen LogP contribution >= 0.6 is 0 Å². The molecule has 1 aromatic carbocycles. The molecule has 3 heteroatoms. The van der Waals surface area contributed by atoms with E-state index in [1.165, 1.54) is 0 Å². The van der Waals surface area contributed by atoms with Crippen LogP contribution in [-0.2, 0) is 20.9 Å². The highest BCUT2D eigenvalue weighted by Gasteiger charge is 2.53. The Balaban J connectivity index is 1.74. The Morgan fingerprint density at radius 2 is 1.85 bits per heavy atom. The lowest BCUT2D eigenvalue weighted by Crippen LogP contribution is -2.25. The Bertz CT molecular complexity index is 447. The molecule has 110 valence electrons. The minimum Gasteiger partial charge on any atom is -0.460 e. The van der Waals surface area contributed by atoms with E-state index in [0.29, 0.717) is 25.0 Å². The van der Waals surface area contributed by atoms with E-state index >= 15 is 0 Å². The monoisotopic (exact) mass is 276 g/mol. The van der Waals surface area contributed by atoms with Crippen LogP contribution < -0.4 is 0 Å². The smallest absolute Gasteiger partial charge is 0.310 e. The van der Waals surface area contributed by atoms with Crippen molar-refractivity contribution in [2.75, 3.05) is 6.61 Å². The molecule has 2 rings (SSSR count). The summed E-state index contributed by atoms with van der Waals surface area (Å²) in [6.45, 7) is 9.02. The molecule has 3 atom stereocenters. The maximum atomic E-state index is 12.0. The summed E-state index contributed by atoms with van der Waals surface area (Å²) in [7, 11) is 0. The van der Waals surface area contributed by atoms with Gasteiger partial charge in [-0.25, -0.2) is 0 Å². The highest BCUT2D eigenvalue weighted by molar-refractivity contribution is 5.76. The molecular weight excluding hydrogens is 252 g/mol. The van der Waals surface area contributed by atoms with Gasteiger partial charge in [0.15, 0.2) is 0 Å². The zero-order valence-electron chi connectivity index (χ0n) is 12.8. The lowest BCUT2D eigenvalue weighted by Gasteiger charge is -2.19. The van der Waals surface area contributed by atoms with Gasteiger partial charge in [-0.15, -0.1) is 0 Å². The quantitative estimate of drug-likeness (QED) is 0.773. The van der Waals surface area contributed by atoms with E-state index in [0.717, 1.165) is 5.56 Å². The Hall–Kier alpha value is -1.35. The fraction of sp³-hybridized carbons (Fsp3) is 0.588. The molecule has 1 unspecified atom stereocenters. The molecule has 1 aliphatic carbocycles. The van der Waals surface area contributed by atoms with E-state index in [1.54, 1.807) is 0 Å². The van der Waals surface area contributed by atoms with Crippen LogP contribution in [0.2, 0.25) is 0 Å². The fourth-order valence-corrected chi connectivity index (χ4v) is 2.45. The van der Waals surface area contributed by atoms with E-state index in [9.17, 15) is 4.79 Å². The van der Waals surface area contributed by atoms with Crippen molar-refractivity contribution in [1.29, 1.82) is 0 Å². The minimum absolute atomic E-state index is 0.00463. The van der Waals surface area contributed by atoms with Crippen LogP contribution in [0.1, 0.15) is 33.3 Å². The van der Waals surface area contributed by atoms with Gasteiger partial charge in [0.05, 0.1) is 19.1 Å². The molecule has 0 aromatic heterocycles.